The maximum atomic E-state index is 11.5. The van der Waals surface area contributed by atoms with Crippen LogP contribution in [-0.4, -0.2) is 22.8 Å². The molecule has 1 aliphatic rings. The number of amides is 2. The molecule has 0 bridgehead atoms. The zero-order valence-electron chi connectivity index (χ0n) is 10.5. The Hall–Kier alpha value is -2.43. The van der Waals surface area contributed by atoms with Crippen molar-refractivity contribution in [3.05, 3.63) is 41.5 Å². The highest BCUT2D eigenvalue weighted by Crippen LogP contribution is 2.12. The molecular formula is C14H13NO4. The largest absolute Gasteiger partial charge is 0.356 e. The van der Waals surface area contributed by atoms with Crippen LogP contribution in [0, 0.1) is 6.92 Å². The van der Waals surface area contributed by atoms with Crippen molar-refractivity contribution in [2.75, 3.05) is 0 Å². The third-order valence-electron chi connectivity index (χ3n) is 2.68. The van der Waals surface area contributed by atoms with Crippen LogP contribution in [0.5, 0.6) is 0 Å². The van der Waals surface area contributed by atoms with Crippen LogP contribution in [0.1, 0.15) is 24.0 Å². The number of nitrogens with zero attached hydrogens (tertiary/aromatic N) is 1. The molecule has 1 heterocycles. The first-order valence-corrected chi connectivity index (χ1v) is 5.89. The van der Waals surface area contributed by atoms with Gasteiger partial charge in [0.1, 0.15) is 0 Å². The molecular weight excluding hydrogens is 246 g/mol. The summed E-state index contributed by atoms with van der Waals surface area (Å²) >= 11 is 0. The van der Waals surface area contributed by atoms with Crippen molar-refractivity contribution < 1.29 is 19.2 Å². The minimum absolute atomic E-state index is 0.0911. The molecule has 1 saturated heterocycles. The monoisotopic (exact) mass is 259 g/mol. The Bertz CT molecular complexity index is 529. The highest BCUT2D eigenvalue weighted by atomic mass is 16.7. The Kier molecular flexibility index (Phi) is 3.75. The molecule has 0 aromatic heterocycles. The van der Waals surface area contributed by atoms with E-state index in [-0.39, 0.29) is 12.8 Å². The van der Waals surface area contributed by atoms with Crippen molar-refractivity contribution in [2.45, 2.75) is 19.8 Å². The van der Waals surface area contributed by atoms with Gasteiger partial charge in [0.15, 0.2) is 0 Å². The summed E-state index contributed by atoms with van der Waals surface area (Å²) in [7, 11) is 0. The summed E-state index contributed by atoms with van der Waals surface area (Å²) in [6, 6.07) is 7.54. The molecule has 5 heteroatoms. The molecule has 1 aliphatic heterocycles. The van der Waals surface area contributed by atoms with Crippen LogP contribution in [0.2, 0.25) is 0 Å². The zero-order valence-corrected chi connectivity index (χ0v) is 10.5. The van der Waals surface area contributed by atoms with Crippen LogP contribution in [-0.2, 0) is 19.2 Å². The van der Waals surface area contributed by atoms with Crippen LogP contribution in [0.4, 0.5) is 0 Å². The van der Waals surface area contributed by atoms with E-state index in [0.717, 1.165) is 11.1 Å². The fourth-order valence-electron chi connectivity index (χ4n) is 1.62. The molecule has 0 N–H and O–H groups in total. The molecule has 5 nitrogen and oxygen atoms in total. The van der Waals surface area contributed by atoms with Crippen molar-refractivity contribution in [1.82, 2.24) is 5.06 Å². The molecule has 2 rings (SSSR count). The lowest BCUT2D eigenvalue weighted by Gasteiger charge is -2.10. The van der Waals surface area contributed by atoms with E-state index < -0.39 is 17.8 Å². The molecule has 1 fully saturated rings. The van der Waals surface area contributed by atoms with E-state index >= 15 is 0 Å². The zero-order chi connectivity index (χ0) is 13.8. The summed E-state index contributed by atoms with van der Waals surface area (Å²) in [5.74, 6) is -1.71. The van der Waals surface area contributed by atoms with Gasteiger partial charge in [0, 0.05) is 18.9 Å². The predicted octanol–water partition coefficient (Wildman–Crippen LogP) is 1.62. The van der Waals surface area contributed by atoms with E-state index in [2.05, 4.69) is 4.84 Å². The lowest BCUT2D eigenvalue weighted by molar-refractivity contribution is -0.193. The summed E-state index contributed by atoms with van der Waals surface area (Å²) in [6.07, 6.45) is 2.93. The lowest BCUT2D eigenvalue weighted by atomic mass is 10.1. The Labute approximate surface area is 110 Å². The second-order valence-electron chi connectivity index (χ2n) is 4.24. The lowest BCUT2D eigenvalue weighted by Crippen LogP contribution is -2.31. The van der Waals surface area contributed by atoms with E-state index in [1.54, 1.807) is 6.08 Å². The number of hydroxylamine groups is 2. The molecule has 19 heavy (non-hydrogen) atoms. The fraction of sp³-hybridized carbons (Fsp3) is 0.214. The van der Waals surface area contributed by atoms with Crippen LogP contribution < -0.4 is 0 Å². The summed E-state index contributed by atoms with van der Waals surface area (Å²) in [4.78, 5) is 38.6. The highest BCUT2D eigenvalue weighted by Gasteiger charge is 2.32. The van der Waals surface area contributed by atoms with Gasteiger partial charge in [-0.25, -0.2) is 4.79 Å². The third kappa shape index (κ3) is 3.28. The number of carbonyl (C=O) groups excluding carboxylic acids is 3. The minimum atomic E-state index is -0.746. The smallest absolute Gasteiger partial charge is 0.326 e. The van der Waals surface area contributed by atoms with Gasteiger partial charge in [0.25, 0.3) is 11.8 Å². The maximum Gasteiger partial charge on any atom is 0.356 e. The summed E-state index contributed by atoms with van der Waals surface area (Å²) in [6.45, 7) is 1.96. The molecule has 0 saturated carbocycles. The maximum absolute atomic E-state index is 11.5. The van der Waals surface area contributed by atoms with E-state index in [1.807, 2.05) is 31.2 Å². The SMILES string of the molecule is Cc1ccc(C=CC(=O)ON2C(=O)CCC2=O)cc1. The van der Waals surface area contributed by atoms with Crippen molar-refractivity contribution >= 4 is 23.9 Å². The molecule has 0 atom stereocenters. The Morgan fingerprint density at radius 3 is 2.32 bits per heavy atom. The van der Waals surface area contributed by atoms with Gasteiger partial charge in [-0.2, -0.15) is 0 Å². The highest BCUT2D eigenvalue weighted by molar-refractivity contribution is 6.02. The van der Waals surface area contributed by atoms with Crippen molar-refractivity contribution in [1.29, 1.82) is 0 Å². The number of benzene rings is 1. The van der Waals surface area contributed by atoms with Gasteiger partial charge in [-0.05, 0) is 18.6 Å². The molecule has 1 aromatic rings. The Morgan fingerprint density at radius 1 is 1.16 bits per heavy atom. The number of rotatable bonds is 3. The van der Waals surface area contributed by atoms with Crippen molar-refractivity contribution in [2.24, 2.45) is 0 Å². The van der Waals surface area contributed by atoms with Gasteiger partial charge in [-0.1, -0.05) is 29.8 Å². The molecule has 0 radical (unpaired) electrons. The molecule has 1 aromatic carbocycles. The molecule has 0 unspecified atom stereocenters. The predicted molar refractivity (Wildman–Crippen MR) is 67.4 cm³/mol. The van der Waals surface area contributed by atoms with Crippen LogP contribution in [0.3, 0.4) is 0 Å². The minimum Gasteiger partial charge on any atom is -0.326 e. The topological polar surface area (TPSA) is 63.7 Å². The first-order valence-electron chi connectivity index (χ1n) is 5.89. The fourth-order valence-corrected chi connectivity index (χ4v) is 1.62. The number of hydrogen-bond donors (Lipinski definition) is 0. The molecule has 0 spiro atoms. The van der Waals surface area contributed by atoms with Gasteiger partial charge < -0.3 is 4.84 Å². The molecule has 0 aliphatic carbocycles. The number of carbonyl (C=O) groups is 3. The average Bonchev–Trinajstić information content (AvgIpc) is 2.70. The number of imide groups is 1. The second-order valence-corrected chi connectivity index (χ2v) is 4.24. The number of aryl methyl sites for hydroxylation is 1. The Morgan fingerprint density at radius 2 is 1.74 bits per heavy atom. The standard InChI is InChI=1S/C14H13NO4/c1-10-2-4-11(5-3-10)6-9-14(18)19-15-12(16)7-8-13(15)17/h2-6,9H,7-8H2,1H3. The molecule has 2 amide bonds. The summed E-state index contributed by atoms with van der Waals surface area (Å²) in [5.41, 5.74) is 1.95. The quantitative estimate of drug-likeness (QED) is 0.611. The summed E-state index contributed by atoms with van der Waals surface area (Å²) < 4.78 is 0. The number of hydrogen-bond acceptors (Lipinski definition) is 4. The van der Waals surface area contributed by atoms with E-state index in [0.29, 0.717) is 5.06 Å². The van der Waals surface area contributed by atoms with E-state index in [9.17, 15) is 14.4 Å². The van der Waals surface area contributed by atoms with Gasteiger partial charge in [-0.15, -0.1) is 5.06 Å². The Balaban J connectivity index is 1.96. The second kappa shape index (κ2) is 5.48. The van der Waals surface area contributed by atoms with Gasteiger partial charge in [0.2, 0.25) is 0 Å². The third-order valence-corrected chi connectivity index (χ3v) is 2.68. The van der Waals surface area contributed by atoms with Crippen molar-refractivity contribution in [3.63, 3.8) is 0 Å². The van der Waals surface area contributed by atoms with Gasteiger partial charge >= 0.3 is 5.97 Å². The van der Waals surface area contributed by atoms with Crippen molar-refractivity contribution in [3.8, 4) is 0 Å². The first kappa shape index (κ1) is 13.0. The normalized spacial score (nSPS) is 15.3. The van der Waals surface area contributed by atoms with Crippen LogP contribution in [0.15, 0.2) is 30.3 Å². The van der Waals surface area contributed by atoms with Crippen LogP contribution in [0.25, 0.3) is 6.08 Å². The van der Waals surface area contributed by atoms with Crippen LogP contribution >= 0.6 is 0 Å². The van der Waals surface area contributed by atoms with E-state index in [1.165, 1.54) is 6.08 Å². The summed E-state index contributed by atoms with van der Waals surface area (Å²) in [5, 5.41) is 0.530. The van der Waals surface area contributed by atoms with E-state index in [4.69, 9.17) is 0 Å². The molecule has 98 valence electrons. The van der Waals surface area contributed by atoms with Gasteiger partial charge in [0.05, 0.1) is 0 Å². The average molecular weight is 259 g/mol. The van der Waals surface area contributed by atoms with Gasteiger partial charge in [-0.3, -0.25) is 9.59 Å². The first-order chi connectivity index (χ1) is 9.06.